The van der Waals surface area contributed by atoms with Gasteiger partial charge in [0.15, 0.2) is 0 Å². The Morgan fingerprint density at radius 1 is 1.25 bits per heavy atom. The van der Waals surface area contributed by atoms with Gasteiger partial charge in [-0.3, -0.25) is 0 Å². The normalized spacial score (nSPS) is 14.0. The molecule has 0 radical (unpaired) electrons. The van der Waals surface area contributed by atoms with Gasteiger partial charge >= 0.3 is 0 Å². The number of hydrogen-bond acceptors (Lipinski definition) is 1. The number of halogens is 2. The first-order valence-corrected chi connectivity index (χ1v) is 4.33. The number of hydrogen-bond donors (Lipinski definition) is 1. The van der Waals surface area contributed by atoms with E-state index in [1.807, 2.05) is 0 Å². The Kier molecular flexibility index (Phi) is 3.63. The molecule has 0 rings (SSSR count). The van der Waals surface area contributed by atoms with E-state index in [1.165, 1.54) is 13.8 Å². The summed E-state index contributed by atoms with van der Waals surface area (Å²) in [5.74, 6) is -3.26. The van der Waals surface area contributed by atoms with Crippen LogP contribution in [0.1, 0.15) is 34.1 Å². The molecule has 1 nitrogen and oxygen atoms in total. The maximum Gasteiger partial charge on any atom is 0.255 e. The molecule has 0 atom stereocenters. The lowest BCUT2D eigenvalue weighted by Gasteiger charge is -2.36. The minimum Gasteiger partial charge on any atom is -0.330 e. The Bertz CT molecular complexity index is 141. The number of alkyl halides is 2. The second-order valence-electron chi connectivity index (χ2n) is 4.20. The van der Waals surface area contributed by atoms with Crippen molar-refractivity contribution in [3.63, 3.8) is 0 Å². The molecule has 2 N–H and O–H groups in total. The van der Waals surface area contributed by atoms with Crippen molar-refractivity contribution in [3.8, 4) is 0 Å². The van der Waals surface area contributed by atoms with Crippen molar-refractivity contribution in [3.05, 3.63) is 0 Å². The Morgan fingerprint density at radius 3 is 1.92 bits per heavy atom. The van der Waals surface area contributed by atoms with Crippen LogP contribution in [0.15, 0.2) is 0 Å². The average molecular weight is 179 g/mol. The molecule has 0 saturated carbocycles. The fraction of sp³-hybridized carbons (Fsp3) is 1.00. The minimum absolute atomic E-state index is 0.315. The van der Waals surface area contributed by atoms with Gasteiger partial charge in [-0.1, -0.05) is 27.7 Å². The second kappa shape index (κ2) is 3.69. The first-order valence-electron chi connectivity index (χ1n) is 4.33. The van der Waals surface area contributed by atoms with Gasteiger partial charge in [0.1, 0.15) is 0 Å². The van der Waals surface area contributed by atoms with Crippen LogP contribution < -0.4 is 5.73 Å². The van der Waals surface area contributed by atoms with Gasteiger partial charge in [0, 0.05) is 11.3 Å². The highest BCUT2D eigenvalue weighted by atomic mass is 19.3. The first-order chi connectivity index (χ1) is 5.25. The Hall–Kier alpha value is -0.180. The van der Waals surface area contributed by atoms with E-state index in [2.05, 4.69) is 0 Å². The molecule has 0 unspecified atom stereocenters. The summed E-state index contributed by atoms with van der Waals surface area (Å²) in [6, 6.07) is 0. The molecule has 0 aliphatic carbocycles. The SMILES string of the molecule is CC(C)C(F)(F)C(C)(C)CCN. The van der Waals surface area contributed by atoms with Gasteiger partial charge in [-0.05, 0) is 13.0 Å². The summed E-state index contributed by atoms with van der Waals surface area (Å²) in [6.45, 7) is 6.53. The van der Waals surface area contributed by atoms with Crippen molar-refractivity contribution in [2.45, 2.75) is 40.0 Å². The van der Waals surface area contributed by atoms with Crippen molar-refractivity contribution in [1.82, 2.24) is 0 Å². The van der Waals surface area contributed by atoms with E-state index in [-0.39, 0.29) is 0 Å². The Labute approximate surface area is 73.3 Å². The molecule has 74 valence electrons. The predicted molar refractivity (Wildman–Crippen MR) is 47.2 cm³/mol. The van der Waals surface area contributed by atoms with Crippen LogP contribution in [0, 0.1) is 11.3 Å². The highest BCUT2D eigenvalue weighted by molar-refractivity contribution is 4.87. The molecule has 3 heteroatoms. The molecular formula is C9H19F2N. The number of nitrogens with two attached hydrogens (primary N) is 1. The molecule has 0 aliphatic rings. The summed E-state index contributed by atoms with van der Waals surface area (Å²) in [6.07, 6.45) is 0.359. The van der Waals surface area contributed by atoms with Crippen molar-refractivity contribution < 1.29 is 8.78 Å². The fourth-order valence-electron chi connectivity index (χ4n) is 1.31. The van der Waals surface area contributed by atoms with Crippen LogP contribution in [0.3, 0.4) is 0 Å². The standard InChI is InChI=1S/C9H19F2N/c1-7(2)9(10,11)8(3,4)5-6-12/h7H,5-6,12H2,1-4H3. The maximum atomic E-state index is 13.5. The molecule has 0 aliphatic heterocycles. The molecule has 0 saturated heterocycles. The van der Waals surface area contributed by atoms with Crippen LogP contribution in [0.5, 0.6) is 0 Å². The summed E-state index contributed by atoms with van der Waals surface area (Å²) >= 11 is 0. The van der Waals surface area contributed by atoms with Gasteiger partial charge < -0.3 is 5.73 Å². The minimum atomic E-state index is -2.63. The van der Waals surface area contributed by atoms with E-state index in [0.29, 0.717) is 13.0 Å². The Balaban J connectivity index is 4.50. The number of rotatable bonds is 4. The van der Waals surface area contributed by atoms with Gasteiger partial charge in [-0.25, -0.2) is 8.78 Å². The molecule has 0 aromatic rings. The van der Waals surface area contributed by atoms with Crippen LogP contribution in [0.25, 0.3) is 0 Å². The van der Waals surface area contributed by atoms with Crippen LogP contribution >= 0.6 is 0 Å². The monoisotopic (exact) mass is 179 g/mol. The van der Waals surface area contributed by atoms with E-state index in [0.717, 1.165) is 0 Å². The van der Waals surface area contributed by atoms with Crippen LogP contribution in [0.2, 0.25) is 0 Å². The van der Waals surface area contributed by atoms with Crippen molar-refractivity contribution >= 4 is 0 Å². The van der Waals surface area contributed by atoms with Crippen LogP contribution in [-0.2, 0) is 0 Å². The van der Waals surface area contributed by atoms with Crippen LogP contribution in [0.4, 0.5) is 8.78 Å². The van der Waals surface area contributed by atoms with E-state index in [1.54, 1.807) is 13.8 Å². The third-order valence-electron chi connectivity index (χ3n) is 2.40. The molecular weight excluding hydrogens is 160 g/mol. The smallest absolute Gasteiger partial charge is 0.255 e. The lowest BCUT2D eigenvalue weighted by Crippen LogP contribution is -2.42. The van der Waals surface area contributed by atoms with Crippen molar-refractivity contribution in [2.24, 2.45) is 17.1 Å². The van der Waals surface area contributed by atoms with E-state index in [4.69, 9.17) is 5.73 Å². The molecule has 0 fully saturated rings. The highest BCUT2D eigenvalue weighted by Crippen LogP contribution is 2.43. The third kappa shape index (κ3) is 2.16. The maximum absolute atomic E-state index is 13.5. The fourth-order valence-corrected chi connectivity index (χ4v) is 1.31. The summed E-state index contributed by atoms with van der Waals surface area (Å²) in [4.78, 5) is 0. The van der Waals surface area contributed by atoms with Gasteiger partial charge in [-0.15, -0.1) is 0 Å². The first kappa shape index (κ1) is 11.8. The molecule has 0 aromatic carbocycles. The quantitative estimate of drug-likeness (QED) is 0.705. The zero-order valence-corrected chi connectivity index (χ0v) is 8.32. The lowest BCUT2D eigenvalue weighted by atomic mass is 9.77. The van der Waals surface area contributed by atoms with Gasteiger partial charge in [0.05, 0.1) is 0 Å². The van der Waals surface area contributed by atoms with Crippen molar-refractivity contribution in [1.29, 1.82) is 0 Å². The van der Waals surface area contributed by atoms with Gasteiger partial charge in [-0.2, -0.15) is 0 Å². The van der Waals surface area contributed by atoms with Crippen molar-refractivity contribution in [2.75, 3.05) is 6.54 Å². The topological polar surface area (TPSA) is 26.0 Å². The van der Waals surface area contributed by atoms with Gasteiger partial charge in [0.25, 0.3) is 5.92 Å². The highest BCUT2D eigenvalue weighted by Gasteiger charge is 2.48. The van der Waals surface area contributed by atoms with E-state index in [9.17, 15) is 8.78 Å². The lowest BCUT2D eigenvalue weighted by molar-refractivity contribution is -0.142. The van der Waals surface area contributed by atoms with Crippen LogP contribution in [-0.4, -0.2) is 12.5 Å². The van der Waals surface area contributed by atoms with Gasteiger partial charge in [0.2, 0.25) is 0 Å². The summed E-state index contributed by atoms with van der Waals surface area (Å²) in [7, 11) is 0. The summed E-state index contributed by atoms with van der Waals surface area (Å²) in [5.41, 5.74) is 4.29. The zero-order chi connectivity index (χ0) is 9.99. The molecule has 0 bridgehead atoms. The largest absolute Gasteiger partial charge is 0.330 e. The third-order valence-corrected chi connectivity index (χ3v) is 2.40. The molecule has 0 aromatic heterocycles. The molecule has 0 heterocycles. The van der Waals surface area contributed by atoms with E-state index >= 15 is 0 Å². The molecule has 0 spiro atoms. The summed E-state index contributed by atoms with van der Waals surface area (Å²) < 4.78 is 26.9. The molecule has 12 heavy (non-hydrogen) atoms. The average Bonchev–Trinajstić information content (AvgIpc) is 1.86. The summed E-state index contributed by atoms with van der Waals surface area (Å²) in [5, 5.41) is 0. The Morgan fingerprint density at radius 2 is 1.67 bits per heavy atom. The zero-order valence-electron chi connectivity index (χ0n) is 8.32. The molecule has 0 amide bonds. The van der Waals surface area contributed by atoms with E-state index < -0.39 is 17.3 Å². The predicted octanol–water partition coefficient (Wildman–Crippen LogP) is 2.65. The second-order valence-corrected chi connectivity index (χ2v) is 4.20.